The van der Waals surface area contributed by atoms with Gasteiger partial charge in [-0.05, 0) is 13.0 Å². The van der Waals surface area contributed by atoms with E-state index in [2.05, 4.69) is 17.1 Å². The van der Waals surface area contributed by atoms with Gasteiger partial charge >= 0.3 is 0 Å². The third-order valence-corrected chi connectivity index (χ3v) is 5.40. The Balaban J connectivity index is 3.49. The normalized spacial score (nSPS) is 12.8. The van der Waals surface area contributed by atoms with Gasteiger partial charge in [-0.1, -0.05) is 90.4 Å². The second-order valence-corrected chi connectivity index (χ2v) is 8.21. The fraction of sp³-hybridized carbons (Fsp3) is 1.00. The Labute approximate surface area is 174 Å². The van der Waals surface area contributed by atoms with Gasteiger partial charge in [-0.3, -0.25) is 4.90 Å². The Bertz CT molecular complexity index is 293. The van der Waals surface area contributed by atoms with Crippen LogP contribution in [0.5, 0.6) is 0 Å². The molecule has 0 rings (SSSR count). The maximum absolute atomic E-state index is 9.69. The van der Waals surface area contributed by atoms with E-state index in [1.807, 2.05) is 0 Å². The largest absolute Gasteiger partial charge is 0.395 e. The van der Waals surface area contributed by atoms with E-state index in [9.17, 15) is 5.11 Å². The van der Waals surface area contributed by atoms with Crippen LogP contribution in [0.4, 0.5) is 0 Å². The van der Waals surface area contributed by atoms with Gasteiger partial charge < -0.3 is 20.6 Å². The Morgan fingerprint density at radius 2 is 1.18 bits per heavy atom. The molecule has 0 amide bonds. The summed E-state index contributed by atoms with van der Waals surface area (Å²) in [5, 5.41) is 30.7. The molecule has 0 aromatic carbocycles. The molecule has 5 heteroatoms. The van der Waals surface area contributed by atoms with Gasteiger partial charge in [-0.2, -0.15) is 0 Å². The van der Waals surface area contributed by atoms with Crippen molar-refractivity contribution in [2.75, 3.05) is 45.9 Å². The SMILES string of the molecule is CCCCCCCCCCCCCCCCN(CCNCCO)CC(O)CO. The molecule has 170 valence electrons. The lowest BCUT2D eigenvalue weighted by Gasteiger charge is -2.24. The predicted octanol–water partition coefficient (Wildman–Crippen LogP) is 3.70. The molecule has 0 saturated carbocycles. The number of nitrogens with one attached hydrogen (secondary N) is 1. The van der Waals surface area contributed by atoms with Crippen LogP contribution in [0.15, 0.2) is 0 Å². The van der Waals surface area contributed by atoms with Gasteiger partial charge in [0.2, 0.25) is 0 Å². The smallest absolute Gasteiger partial charge is 0.0897 e. The van der Waals surface area contributed by atoms with E-state index in [1.54, 1.807) is 0 Å². The first kappa shape index (κ1) is 27.8. The van der Waals surface area contributed by atoms with Gasteiger partial charge in [-0.25, -0.2) is 0 Å². The Morgan fingerprint density at radius 1 is 0.679 bits per heavy atom. The van der Waals surface area contributed by atoms with Crippen molar-refractivity contribution in [3.05, 3.63) is 0 Å². The summed E-state index contributed by atoms with van der Waals surface area (Å²) in [7, 11) is 0. The minimum absolute atomic E-state index is 0.151. The summed E-state index contributed by atoms with van der Waals surface area (Å²) in [5.74, 6) is 0. The molecule has 0 aromatic rings. The van der Waals surface area contributed by atoms with Crippen molar-refractivity contribution >= 4 is 0 Å². The van der Waals surface area contributed by atoms with Crippen LogP contribution in [0.25, 0.3) is 0 Å². The zero-order valence-electron chi connectivity index (χ0n) is 18.7. The standard InChI is InChI=1S/C23H50N2O3/c1-2-3-4-5-6-7-8-9-10-11-12-13-14-15-18-25(21-23(28)22-27)19-16-24-17-20-26/h23-24,26-28H,2-22H2,1H3. The lowest BCUT2D eigenvalue weighted by Crippen LogP contribution is -2.39. The Hall–Kier alpha value is -0.200. The lowest BCUT2D eigenvalue weighted by molar-refractivity contribution is 0.0587. The summed E-state index contributed by atoms with van der Waals surface area (Å²) < 4.78 is 0. The quantitative estimate of drug-likeness (QED) is 0.196. The van der Waals surface area contributed by atoms with Gasteiger partial charge in [0, 0.05) is 26.2 Å². The molecule has 1 atom stereocenters. The molecule has 28 heavy (non-hydrogen) atoms. The molecule has 0 spiro atoms. The molecule has 0 aliphatic carbocycles. The molecule has 0 aliphatic rings. The summed E-state index contributed by atoms with van der Waals surface area (Å²) >= 11 is 0. The van der Waals surface area contributed by atoms with Crippen LogP contribution in [0.3, 0.4) is 0 Å². The van der Waals surface area contributed by atoms with Crippen molar-refractivity contribution in [3.63, 3.8) is 0 Å². The van der Waals surface area contributed by atoms with E-state index in [4.69, 9.17) is 10.2 Å². The summed E-state index contributed by atoms with van der Waals surface area (Å²) in [6, 6.07) is 0. The van der Waals surface area contributed by atoms with Crippen molar-refractivity contribution in [1.82, 2.24) is 10.2 Å². The van der Waals surface area contributed by atoms with Crippen LogP contribution >= 0.6 is 0 Å². The van der Waals surface area contributed by atoms with Crippen LogP contribution in [-0.4, -0.2) is 72.3 Å². The van der Waals surface area contributed by atoms with Crippen LogP contribution in [-0.2, 0) is 0 Å². The van der Waals surface area contributed by atoms with Gasteiger partial charge in [0.25, 0.3) is 0 Å². The van der Waals surface area contributed by atoms with E-state index in [1.165, 1.54) is 83.5 Å². The van der Waals surface area contributed by atoms with E-state index in [0.717, 1.165) is 26.1 Å². The third-order valence-electron chi connectivity index (χ3n) is 5.40. The minimum atomic E-state index is -0.663. The fourth-order valence-corrected chi connectivity index (χ4v) is 3.62. The Kier molecular flexibility index (Phi) is 22.9. The predicted molar refractivity (Wildman–Crippen MR) is 120 cm³/mol. The van der Waals surface area contributed by atoms with E-state index < -0.39 is 6.10 Å². The molecule has 0 aromatic heterocycles. The maximum atomic E-state index is 9.69. The average Bonchev–Trinajstić information content (AvgIpc) is 2.70. The first-order valence-corrected chi connectivity index (χ1v) is 12.1. The van der Waals surface area contributed by atoms with Gasteiger partial charge in [0.05, 0.1) is 19.3 Å². The topological polar surface area (TPSA) is 76.0 Å². The highest BCUT2D eigenvalue weighted by Crippen LogP contribution is 2.13. The molecule has 0 saturated heterocycles. The zero-order chi connectivity index (χ0) is 20.7. The number of aliphatic hydroxyl groups excluding tert-OH is 3. The van der Waals surface area contributed by atoms with Crippen molar-refractivity contribution in [2.24, 2.45) is 0 Å². The third kappa shape index (κ3) is 20.5. The molecule has 0 bridgehead atoms. The molecular formula is C23H50N2O3. The number of hydrogen-bond acceptors (Lipinski definition) is 5. The number of aliphatic hydroxyl groups is 3. The molecular weight excluding hydrogens is 352 g/mol. The van der Waals surface area contributed by atoms with Gasteiger partial charge in [-0.15, -0.1) is 0 Å². The van der Waals surface area contributed by atoms with Crippen LogP contribution in [0, 0.1) is 0 Å². The summed E-state index contributed by atoms with van der Waals surface area (Å²) in [5.41, 5.74) is 0. The molecule has 0 heterocycles. The fourth-order valence-electron chi connectivity index (χ4n) is 3.62. The molecule has 0 fully saturated rings. The molecule has 0 radical (unpaired) electrons. The van der Waals surface area contributed by atoms with Gasteiger partial charge in [0.15, 0.2) is 0 Å². The Morgan fingerprint density at radius 3 is 1.64 bits per heavy atom. The number of unbranched alkanes of at least 4 members (excludes halogenated alkanes) is 13. The van der Waals surface area contributed by atoms with Crippen molar-refractivity contribution in [1.29, 1.82) is 0 Å². The molecule has 0 aliphatic heterocycles. The lowest BCUT2D eigenvalue weighted by atomic mass is 10.0. The highest BCUT2D eigenvalue weighted by Gasteiger charge is 2.10. The van der Waals surface area contributed by atoms with Crippen molar-refractivity contribution in [2.45, 2.75) is 103 Å². The van der Waals surface area contributed by atoms with E-state index in [0.29, 0.717) is 13.1 Å². The summed E-state index contributed by atoms with van der Waals surface area (Å²) in [6.07, 6.45) is 18.4. The first-order valence-electron chi connectivity index (χ1n) is 12.1. The highest BCUT2D eigenvalue weighted by molar-refractivity contribution is 4.65. The van der Waals surface area contributed by atoms with Crippen molar-refractivity contribution < 1.29 is 15.3 Å². The second-order valence-electron chi connectivity index (χ2n) is 8.21. The summed E-state index contributed by atoms with van der Waals surface area (Å²) in [4.78, 5) is 2.21. The monoisotopic (exact) mass is 402 g/mol. The highest BCUT2D eigenvalue weighted by atomic mass is 16.3. The van der Waals surface area contributed by atoms with Crippen LogP contribution < -0.4 is 5.32 Å². The molecule has 4 N–H and O–H groups in total. The first-order chi connectivity index (χ1) is 13.7. The molecule has 5 nitrogen and oxygen atoms in total. The molecule has 1 unspecified atom stereocenters. The number of hydrogen-bond donors (Lipinski definition) is 4. The second kappa shape index (κ2) is 23.1. The van der Waals surface area contributed by atoms with E-state index in [-0.39, 0.29) is 13.2 Å². The van der Waals surface area contributed by atoms with Crippen LogP contribution in [0.2, 0.25) is 0 Å². The minimum Gasteiger partial charge on any atom is -0.395 e. The van der Waals surface area contributed by atoms with Crippen LogP contribution in [0.1, 0.15) is 96.8 Å². The number of rotatable bonds is 23. The average molecular weight is 403 g/mol. The van der Waals surface area contributed by atoms with Gasteiger partial charge in [0.1, 0.15) is 0 Å². The number of nitrogens with zero attached hydrogens (tertiary/aromatic N) is 1. The zero-order valence-corrected chi connectivity index (χ0v) is 18.7. The maximum Gasteiger partial charge on any atom is 0.0897 e. The van der Waals surface area contributed by atoms with Crippen molar-refractivity contribution in [3.8, 4) is 0 Å². The van der Waals surface area contributed by atoms with E-state index >= 15 is 0 Å². The summed E-state index contributed by atoms with van der Waals surface area (Å²) in [6.45, 7) is 5.99.